The van der Waals surface area contributed by atoms with Crippen LogP contribution in [0.2, 0.25) is 5.02 Å². The molecule has 0 saturated heterocycles. The first-order valence-corrected chi connectivity index (χ1v) is 7.42. The SMILES string of the molecule is Cc1ccc(NC(=O)COC(=O)COc2ccccc2Cl)c(F)c1. The summed E-state index contributed by atoms with van der Waals surface area (Å²) in [6.07, 6.45) is 0. The number of hydrogen-bond donors (Lipinski definition) is 1. The number of nitrogens with one attached hydrogen (secondary N) is 1. The minimum absolute atomic E-state index is 0.0222. The van der Waals surface area contributed by atoms with Gasteiger partial charge in [-0.05, 0) is 36.8 Å². The smallest absolute Gasteiger partial charge is 0.344 e. The molecule has 0 spiro atoms. The number of amides is 1. The molecule has 1 amide bonds. The van der Waals surface area contributed by atoms with Crippen molar-refractivity contribution in [2.24, 2.45) is 0 Å². The van der Waals surface area contributed by atoms with Crippen LogP contribution in [0.1, 0.15) is 5.56 Å². The van der Waals surface area contributed by atoms with Gasteiger partial charge in [0.1, 0.15) is 11.6 Å². The molecule has 2 aromatic carbocycles. The van der Waals surface area contributed by atoms with E-state index in [0.717, 1.165) is 5.56 Å². The van der Waals surface area contributed by atoms with Gasteiger partial charge in [-0.3, -0.25) is 4.79 Å². The quantitative estimate of drug-likeness (QED) is 0.811. The number of ether oxygens (including phenoxy) is 2. The minimum atomic E-state index is -0.741. The van der Waals surface area contributed by atoms with E-state index in [1.54, 1.807) is 37.3 Å². The maximum atomic E-state index is 13.6. The predicted octanol–water partition coefficient (Wildman–Crippen LogP) is 3.35. The van der Waals surface area contributed by atoms with Crippen molar-refractivity contribution in [1.82, 2.24) is 0 Å². The third-order valence-corrected chi connectivity index (χ3v) is 3.26. The van der Waals surface area contributed by atoms with Crippen molar-refractivity contribution in [3.8, 4) is 5.75 Å². The van der Waals surface area contributed by atoms with Crippen LogP contribution in [0.5, 0.6) is 5.75 Å². The molecule has 0 aromatic heterocycles. The van der Waals surface area contributed by atoms with Crippen LogP contribution in [0.3, 0.4) is 0 Å². The van der Waals surface area contributed by atoms with Gasteiger partial charge in [0, 0.05) is 0 Å². The molecule has 0 aliphatic rings. The van der Waals surface area contributed by atoms with Crippen molar-refractivity contribution in [2.45, 2.75) is 6.92 Å². The molecule has 0 aliphatic heterocycles. The van der Waals surface area contributed by atoms with Crippen LogP contribution < -0.4 is 10.1 Å². The lowest BCUT2D eigenvalue weighted by molar-refractivity contribution is -0.149. The lowest BCUT2D eigenvalue weighted by atomic mass is 10.2. The molecule has 0 radical (unpaired) electrons. The van der Waals surface area contributed by atoms with Gasteiger partial charge in [-0.15, -0.1) is 0 Å². The van der Waals surface area contributed by atoms with Crippen molar-refractivity contribution < 1.29 is 23.5 Å². The zero-order valence-corrected chi connectivity index (χ0v) is 13.6. The fourth-order valence-corrected chi connectivity index (χ4v) is 1.98. The van der Waals surface area contributed by atoms with Gasteiger partial charge < -0.3 is 14.8 Å². The van der Waals surface area contributed by atoms with Crippen LogP contribution in [0.25, 0.3) is 0 Å². The molecule has 2 rings (SSSR count). The molecule has 0 fully saturated rings. The van der Waals surface area contributed by atoms with E-state index in [4.69, 9.17) is 21.1 Å². The van der Waals surface area contributed by atoms with Crippen molar-refractivity contribution in [3.63, 3.8) is 0 Å². The Balaban J connectivity index is 1.77. The molecule has 126 valence electrons. The molecule has 7 heteroatoms. The first-order valence-electron chi connectivity index (χ1n) is 7.04. The summed E-state index contributed by atoms with van der Waals surface area (Å²) in [5.74, 6) is -1.61. The zero-order chi connectivity index (χ0) is 17.5. The average Bonchev–Trinajstić information content (AvgIpc) is 2.55. The highest BCUT2D eigenvalue weighted by molar-refractivity contribution is 6.32. The second-order valence-corrected chi connectivity index (χ2v) is 5.32. The molecular weight excluding hydrogens is 337 g/mol. The molecule has 0 bridgehead atoms. The normalized spacial score (nSPS) is 10.1. The lowest BCUT2D eigenvalue weighted by Gasteiger charge is -2.09. The van der Waals surface area contributed by atoms with Crippen LogP contribution in [-0.2, 0) is 14.3 Å². The second kappa shape index (κ2) is 8.31. The Hall–Kier alpha value is -2.60. The first kappa shape index (κ1) is 17.7. The van der Waals surface area contributed by atoms with Crippen molar-refractivity contribution >= 4 is 29.2 Å². The number of para-hydroxylation sites is 1. The van der Waals surface area contributed by atoms with E-state index >= 15 is 0 Å². The Kier molecular flexibility index (Phi) is 6.14. The number of carbonyl (C=O) groups is 2. The maximum Gasteiger partial charge on any atom is 0.344 e. The molecule has 0 unspecified atom stereocenters. The van der Waals surface area contributed by atoms with Crippen LogP contribution in [-0.4, -0.2) is 25.1 Å². The fourth-order valence-electron chi connectivity index (χ4n) is 1.79. The van der Waals surface area contributed by atoms with Crippen molar-refractivity contribution in [2.75, 3.05) is 18.5 Å². The number of hydrogen-bond acceptors (Lipinski definition) is 4. The van der Waals surface area contributed by atoms with Gasteiger partial charge in [-0.2, -0.15) is 0 Å². The number of anilines is 1. The molecule has 2 aromatic rings. The van der Waals surface area contributed by atoms with Crippen LogP contribution in [0.4, 0.5) is 10.1 Å². The molecule has 0 saturated carbocycles. The maximum absolute atomic E-state index is 13.6. The third kappa shape index (κ3) is 5.24. The standard InChI is InChI=1S/C17H15ClFNO4/c1-11-6-7-14(13(19)8-11)20-16(21)9-24-17(22)10-23-15-5-3-2-4-12(15)18/h2-8H,9-10H2,1H3,(H,20,21). The van der Waals surface area contributed by atoms with Crippen molar-refractivity contribution in [1.29, 1.82) is 0 Å². The van der Waals surface area contributed by atoms with Gasteiger partial charge >= 0.3 is 5.97 Å². The summed E-state index contributed by atoms with van der Waals surface area (Å²) in [6.45, 7) is 0.795. The van der Waals surface area contributed by atoms with E-state index in [1.165, 1.54) is 12.1 Å². The number of rotatable bonds is 6. The number of carbonyl (C=O) groups excluding carboxylic acids is 2. The van der Waals surface area contributed by atoms with E-state index in [0.29, 0.717) is 10.8 Å². The summed E-state index contributed by atoms with van der Waals surface area (Å²) in [6, 6.07) is 11.0. The summed E-state index contributed by atoms with van der Waals surface area (Å²) in [5.41, 5.74) is 0.752. The Morgan fingerprint density at radius 2 is 1.92 bits per heavy atom. The van der Waals surface area contributed by atoms with Gasteiger partial charge in [-0.1, -0.05) is 29.8 Å². The Bertz CT molecular complexity index is 751. The monoisotopic (exact) mass is 351 g/mol. The minimum Gasteiger partial charge on any atom is -0.480 e. The highest BCUT2D eigenvalue weighted by atomic mass is 35.5. The molecule has 24 heavy (non-hydrogen) atoms. The Labute approximate surface area is 143 Å². The number of esters is 1. The average molecular weight is 352 g/mol. The largest absolute Gasteiger partial charge is 0.480 e. The van der Waals surface area contributed by atoms with Gasteiger partial charge in [0.2, 0.25) is 0 Å². The highest BCUT2D eigenvalue weighted by Gasteiger charge is 2.11. The lowest BCUT2D eigenvalue weighted by Crippen LogP contribution is -2.24. The summed E-state index contributed by atoms with van der Waals surface area (Å²) in [4.78, 5) is 23.2. The van der Waals surface area contributed by atoms with E-state index in [2.05, 4.69) is 5.32 Å². The van der Waals surface area contributed by atoms with Crippen molar-refractivity contribution in [3.05, 3.63) is 58.9 Å². The van der Waals surface area contributed by atoms with Gasteiger partial charge in [0.15, 0.2) is 13.2 Å². The molecule has 0 atom stereocenters. The highest BCUT2D eigenvalue weighted by Crippen LogP contribution is 2.22. The summed E-state index contributed by atoms with van der Waals surface area (Å²) < 4.78 is 23.5. The van der Waals surface area contributed by atoms with Gasteiger partial charge in [0.25, 0.3) is 5.91 Å². The molecule has 1 N–H and O–H groups in total. The number of halogens is 2. The summed E-state index contributed by atoms with van der Waals surface area (Å²) >= 11 is 5.87. The van der Waals surface area contributed by atoms with Crippen LogP contribution in [0.15, 0.2) is 42.5 Å². The third-order valence-electron chi connectivity index (χ3n) is 2.95. The molecule has 0 heterocycles. The topological polar surface area (TPSA) is 64.6 Å². The van der Waals surface area contributed by atoms with Crippen LogP contribution >= 0.6 is 11.6 Å². The van der Waals surface area contributed by atoms with Crippen LogP contribution in [0, 0.1) is 12.7 Å². The van der Waals surface area contributed by atoms with E-state index in [9.17, 15) is 14.0 Å². The summed E-state index contributed by atoms with van der Waals surface area (Å²) in [7, 11) is 0. The molecular formula is C17H15ClFNO4. The first-order chi connectivity index (χ1) is 11.5. The van der Waals surface area contributed by atoms with E-state index in [1.807, 2.05) is 0 Å². The van der Waals surface area contributed by atoms with E-state index in [-0.39, 0.29) is 5.69 Å². The Morgan fingerprint density at radius 3 is 2.62 bits per heavy atom. The Morgan fingerprint density at radius 1 is 1.17 bits per heavy atom. The number of aryl methyl sites for hydroxylation is 1. The van der Waals surface area contributed by atoms with E-state index < -0.39 is 30.9 Å². The second-order valence-electron chi connectivity index (χ2n) is 4.91. The van der Waals surface area contributed by atoms with Gasteiger partial charge in [-0.25, -0.2) is 9.18 Å². The predicted molar refractivity (Wildman–Crippen MR) is 87.7 cm³/mol. The molecule has 0 aliphatic carbocycles. The fraction of sp³-hybridized carbons (Fsp3) is 0.176. The van der Waals surface area contributed by atoms with Gasteiger partial charge in [0.05, 0.1) is 10.7 Å². The number of benzene rings is 2. The summed E-state index contributed by atoms with van der Waals surface area (Å²) in [5, 5.41) is 2.68. The molecule has 5 nitrogen and oxygen atoms in total. The zero-order valence-electron chi connectivity index (χ0n) is 12.8.